The summed E-state index contributed by atoms with van der Waals surface area (Å²) < 4.78 is 16.3. The van der Waals surface area contributed by atoms with Crippen molar-refractivity contribution in [2.75, 3.05) is 0 Å². The third-order valence-corrected chi connectivity index (χ3v) is 4.53. The second-order valence-corrected chi connectivity index (χ2v) is 8.14. The van der Waals surface area contributed by atoms with Gasteiger partial charge in [0.05, 0.1) is 17.4 Å². The summed E-state index contributed by atoms with van der Waals surface area (Å²) in [6.07, 6.45) is 4.33. The van der Waals surface area contributed by atoms with E-state index in [4.69, 9.17) is 0 Å². The van der Waals surface area contributed by atoms with Gasteiger partial charge in [-0.25, -0.2) is 9.07 Å². The van der Waals surface area contributed by atoms with Crippen LogP contribution in [0.1, 0.15) is 50.9 Å². The van der Waals surface area contributed by atoms with Crippen LogP contribution in [0.4, 0.5) is 4.39 Å². The second kappa shape index (κ2) is 6.32. The highest BCUT2D eigenvalue weighted by atomic mass is 79.9. The Kier molecular flexibility index (Phi) is 4.56. The van der Waals surface area contributed by atoms with Gasteiger partial charge in [-0.05, 0) is 63.3 Å². The third-order valence-electron chi connectivity index (χ3n) is 4.07. The zero-order valence-corrected chi connectivity index (χ0v) is 15.3. The summed E-state index contributed by atoms with van der Waals surface area (Å²) >= 11 is 3.38. The Hall–Kier alpha value is -1.27. The van der Waals surface area contributed by atoms with E-state index in [0.717, 1.165) is 15.7 Å². The van der Waals surface area contributed by atoms with Crippen LogP contribution in [0, 0.1) is 11.7 Å². The van der Waals surface area contributed by atoms with E-state index in [2.05, 4.69) is 52.3 Å². The molecule has 6 heteroatoms. The molecule has 4 nitrogen and oxygen atoms in total. The molecule has 0 saturated heterocycles. The molecule has 0 spiro atoms. The largest absolute Gasteiger partial charge is 0.304 e. The molecule has 0 bridgehead atoms. The molecule has 1 N–H and O–H groups in total. The first kappa shape index (κ1) is 16.6. The molecule has 124 valence electrons. The van der Waals surface area contributed by atoms with Crippen LogP contribution in [0.2, 0.25) is 0 Å². The normalized spacial score (nSPS) is 16.6. The number of halogens is 2. The van der Waals surface area contributed by atoms with Gasteiger partial charge < -0.3 is 5.32 Å². The molecule has 1 aliphatic rings. The minimum absolute atomic E-state index is 0.0748. The Morgan fingerprint density at radius 1 is 1.35 bits per heavy atom. The van der Waals surface area contributed by atoms with Crippen molar-refractivity contribution >= 4 is 15.9 Å². The van der Waals surface area contributed by atoms with Crippen molar-refractivity contribution in [3.8, 4) is 0 Å². The fraction of sp³-hybridized carbons (Fsp3) is 0.529. The Labute approximate surface area is 144 Å². The van der Waals surface area contributed by atoms with Crippen LogP contribution in [0.15, 0.2) is 28.9 Å². The molecule has 3 rings (SSSR count). The highest BCUT2D eigenvalue weighted by Gasteiger charge is 2.32. The molecule has 0 amide bonds. The van der Waals surface area contributed by atoms with Crippen LogP contribution in [-0.2, 0) is 12.1 Å². The maximum atomic E-state index is 13.7. The maximum absolute atomic E-state index is 13.7. The number of nitrogens with zero attached hydrogens (tertiary/aromatic N) is 3. The standard InChI is InChI=1S/C17H22BrFN4/c1-17(2,3)23-10-15(21-22-23)9-20-16(11-4-5-11)12-6-13(18)8-14(19)7-12/h6-8,10-11,16,20H,4-5,9H2,1-3H3. The van der Waals surface area contributed by atoms with E-state index >= 15 is 0 Å². The van der Waals surface area contributed by atoms with Gasteiger partial charge in [0.25, 0.3) is 0 Å². The summed E-state index contributed by atoms with van der Waals surface area (Å²) in [5.74, 6) is 0.363. The number of nitrogens with one attached hydrogen (secondary N) is 1. The van der Waals surface area contributed by atoms with Gasteiger partial charge in [-0.15, -0.1) is 5.10 Å². The molecule has 1 aliphatic carbocycles. The first-order valence-corrected chi connectivity index (χ1v) is 8.73. The lowest BCUT2D eigenvalue weighted by Gasteiger charge is -2.19. The van der Waals surface area contributed by atoms with E-state index < -0.39 is 0 Å². The first-order chi connectivity index (χ1) is 10.8. The van der Waals surface area contributed by atoms with Crippen molar-refractivity contribution < 1.29 is 4.39 Å². The lowest BCUT2D eigenvalue weighted by Crippen LogP contribution is -2.23. The van der Waals surface area contributed by atoms with Gasteiger partial charge in [-0.2, -0.15) is 0 Å². The second-order valence-electron chi connectivity index (χ2n) is 7.22. The van der Waals surface area contributed by atoms with Crippen molar-refractivity contribution in [3.05, 3.63) is 45.9 Å². The molecule has 1 aromatic heterocycles. The lowest BCUT2D eigenvalue weighted by atomic mass is 10.0. The highest BCUT2D eigenvalue weighted by Crippen LogP contribution is 2.41. The van der Waals surface area contributed by atoms with Crippen molar-refractivity contribution in [3.63, 3.8) is 0 Å². The van der Waals surface area contributed by atoms with Gasteiger partial charge >= 0.3 is 0 Å². The fourth-order valence-corrected chi connectivity index (χ4v) is 3.15. The van der Waals surface area contributed by atoms with Crippen LogP contribution in [0.25, 0.3) is 0 Å². The minimum Gasteiger partial charge on any atom is -0.304 e. The molecular formula is C17H22BrFN4. The predicted molar refractivity (Wildman–Crippen MR) is 91.4 cm³/mol. The van der Waals surface area contributed by atoms with E-state index in [1.54, 1.807) is 6.07 Å². The van der Waals surface area contributed by atoms with E-state index in [9.17, 15) is 4.39 Å². The Balaban J connectivity index is 1.72. The van der Waals surface area contributed by atoms with Gasteiger partial charge in [0.1, 0.15) is 5.82 Å². The zero-order chi connectivity index (χ0) is 16.6. The molecule has 1 aromatic carbocycles. The van der Waals surface area contributed by atoms with E-state index in [0.29, 0.717) is 12.5 Å². The van der Waals surface area contributed by atoms with Gasteiger partial charge in [0.15, 0.2) is 0 Å². The summed E-state index contributed by atoms with van der Waals surface area (Å²) in [6.45, 7) is 6.91. The van der Waals surface area contributed by atoms with Gasteiger partial charge in [0.2, 0.25) is 0 Å². The zero-order valence-electron chi connectivity index (χ0n) is 13.7. The number of aromatic nitrogens is 3. The monoisotopic (exact) mass is 380 g/mol. The lowest BCUT2D eigenvalue weighted by molar-refractivity contribution is 0.346. The van der Waals surface area contributed by atoms with E-state index in [1.807, 2.05) is 16.9 Å². The summed E-state index contributed by atoms with van der Waals surface area (Å²) in [6, 6.07) is 5.25. The van der Waals surface area contributed by atoms with Crippen molar-refractivity contribution in [2.45, 2.75) is 51.7 Å². The average Bonchev–Trinajstić information content (AvgIpc) is 3.13. The van der Waals surface area contributed by atoms with E-state index in [-0.39, 0.29) is 17.4 Å². The molecule has 1 heterocycles. The summed E-state index contributed by atoms with van der Waals surface area (Å²) in [5.41, 5.74) is 1.82. The summed E-state index contributed by atoms with van der Waals surface area (Å²) in [5, 5.41) is 11.9. The Morgan fingerprint density at radius 3 is 2.65 bits per heavy atom. The van der Waals surface area contributed by atoms with Gasteiger partial charge in [0, 0.05) is 17.1 Å². The molecule has 0 aliphatic heterocycles. The first-order valence-electron chi connectivity index (χ1n) is 7.94. The molecule has 1 unspecified atom stereocenters. The van der Waals surface area contributed by atoms with Crippen molar-refractivity contribution in [1.29, 1.82) is 0 Å². The Bertz CT molecular complexity index is 668. The minimum atomic E-state index is -0.208. The summed E-state index contributed by atoms with van der Waals surface area (Å²) in [7, 11) is 0. The van der Waals surface area contributed by atoms with Crippen molar-refractivity contribution in [2.24, 2.45) is 5.92 Å². The van der Waals surface area contributed by atoms with Crippen LogP contribution in [0.3, 0.4) is 0 Å². The Morgan fingerprint density at radius 2 is 2.09 bits per heavy atom. The third kappa shape index (κ3) is 4.18. The highest BCUT2D eigenvalue weighted by molar-refractivity contribution is 9.10. The van der Waals surface area contributed by atoms with Crippen LogP contribution < -0.4 is 5.32 Å². The van der Waals surface area contributed by atoms with Crippen LogP contribution >= 0.6 is 15.9 Å². The topological polar surface area (TPSA) is 42.7 Å². The predicted octanol–water partition coefficient (Wildman–Crippen LogP) is 4.18. The van der Waals surface area contributed by atoms with Crippen LogP contribution in [0.5, 0.6) is 0 Å². The number of benzene rings is 1. The van der Waals surface area contributed by atoms with Crippen molar-refractivity contribution in [1.82, 2.24) is 20.3 Å². The maximum Gasteiger partial charge on any atom is 0.124 e. The summed E-state index contributed by atoms with van der Waals surface area (Å²) in [4.78, 5) is 0. The smallest absolute Gasteiger partial charge is 0.124 e. The fourth-order valence-electron chi connectivity index (χ4n) is 2.66. The molecule has 1 atom stereocenters. The number of rotatable bonds is 5. The quantitative estimate of drug-likeness (QED) is 0.845. The molecule has 0 radical (unpaired) electrons. The van der Waals surface area contributed by atoms with E-state index in [1.165, 1.54) is 18.9 Å². The number of hydrogen-bond acceptors (Lipinski definition) is 3. The number of hydrogen-bond donors (Lipinski definition) is 1. The van der Waals surface area contributed by atoms with Crippen LogP contribution in [-0.4, -0.2) is 15.0 Å². The molecular weight excluding hydrogens is 359 g/mol. The average molecular weight is 381 g/mol. The SMILES string of the molecule is CC(C)(C)n1cc(CNC(c2cc(F)cc(Br)c2)C2CC2)nn1. The molecule has 2 aromatic rings. The van der Waals surface area contributed by atoms with Gasteiger partial charge in [-0.3, -0.25) is 0 Å². The van der Waals surface area contributed by atoms with Gasteiger partial charge in [-0.1, -0.05) is 21.1 Å². The molecule has 1 fully saturated rings. The molecule has 1 saturated carbocycles. The molecule has 23 heavy (non-hydrogen) atoms.